The van der Waals surface area contributed by atoms with Crippen molar-refractivity contribution in [2.75, 3.05) is 0 Å². The average Bonchev–Trinajstić information content (AvgIpc) is 2.37. The number of hydrogen-bond acceptors (Lipinski definition) is 4. The highest BCUT2D eigenvalue weighted by Crippen LogP contribution is 2.15. The molecule has 4 heteroatoms. The fourth-order valence-electron chi connectivity index (χ4n) is 0.724. The number of aliphatic hydroxyl groups is 1. The van der Waals surface area contributed by atoms with Crippen LogP contribution in [-0.2, 0) is 4.79 Å². The molecule has 1 rings (SSSR count). The summed E-state index contributed by atoms with van der Waals surface area (Å²) in [5, 5.41) is 12.4. The highest BCUT2D eigenvalue weighted by Gasteiger charge is 2.08. The van der Waals surface area contributed by atoms with Crippen LogP contribution in [0.4, 0.5) is 0 Å². The number of aliphatic hydroxyl groups excluding tert-OH is 1. The number of carbonyl (C=O) groups is 1. The third kappa shape index (κ3) is 3.02. The molecule has 0 aliphatic carbocycles. The van der Waals surface area contributed by atoms with E-state index in [2.05, 4.69) is 0 Å². The van der Waals surface area contributed by atoms with Crippen LogP contribution in [0.25, 0.3) is 0 Å². The van der Waals surface area contributed by atoms with Gasteiger partial charge >= 0.3 is 5.97 Å². The molecule has 0 saturated heterocycles. The maximum atomic E-state index is 10.9. The predicted octanol–water partition coefficient (Wildman–Crippen LogP) is 1.42. The molecule has 1 aromatic heterocycles. The van der Waals surface area contributed by atoms with Gasteiger partial charge in [0.05, 0.1) is 12.5 Å². The topological polar surface area (TPSA) is 46.5 Å². The van der Waals surface area contributed by atoms with Gasteiger partial charge in [0.1, 0.15) is 5.75 Å². The van der Waals surface area contributed by atoms with E-state index in [1.165, 1.54) is 11.3 Å². The summed E-state index contributed by atoms with van der Waals surface area (Å²) in [5.74, 6) is 0.147. The van der Waals surface area contributed by atoms with Crippen molar-refractivity contribution in [1.29, 1.82) is 0 Å². The third-order valence-corrected chi connectivity index (χ3v) is 1.85. The number of rotatable bonds is 3. The van der Waals surface area contributed by atoms with E-state index < -0.39 is 12.1 Å². The van der Waals surface area contributed by atoms with Gasteiger partial charge in [0, 0.05) is 5.38 Å². The zero-order valence-corrected chi connectivity index (χ0v) is 7.50. The lowest BCUT2D eigenvalue weighted by molar-refractivity contribution is -0.136. The summed E-state index contributed by atoms with van der Waals surface area (Å²) in [7, 11) is 0. The minimum Gasteiger partial charge on any atom is -0.426 e. The minimum atomic E-state index is -0.642. The molecule has 0 bridgehead atoms. The van der Waals surface area contributed by atoms with Crippen molar-refractivity contribution >= 4 is 17.3 Å². The van der Waals surface area contributed by atoms with Crippen LogP contribution in [0.2, 0.25) is 0 Å². The van der Waals surface area contributed by atoms with E-state index in [1.807, 2.05) is 5.38 Å². The van der Waals surface area contributed by atoms with E-state index in [1.54, 1.807) is 18.4 Å². The molecule has 0 radical (unpaired) electrons. The fraction of sp³-hybridized carbons (Fsp3) is 0.375. The molecule has 0 fully saturated rings. The molecule has 66 valence electrons. The van der Waals surface area contributed by atoms with Gasteiger partial charge in [-0.3, -0.25) is 4.79 Å². The number of hydrogen-bond donors (Lipinski definition) is 1. The Morgan fingerprint density at radius 1 is 1.83 bits per heavy atom. The molecule has 1 N–H and O–H groups in total. The van der Waals surface area contributed by atoms with Gasteiger partial charge < -0.3 is 9.84 Å². The molecule has 0 spiro atoms. The van der Waals surface area contributed by atoms with Crippen molar-refractivity contribution < 1.29 is 14.6 Å². The van der Waals surface area contributed by atoms with E-state index in [4.69, 9.17) is 9.84 Å². The molecule has 0 aromatic carbocycles. The number of ether oxygens (including phenoxy) is 1. The number of carbonyl (C=O) groups excluding carboxylic acids is 1. The standard InChI is InChI=1S/C8H10O3S/c1-6(9)4-8(10)11-7-2-3-12-5-7/h2-3,5-6,9H,4H2,1H3. The Morgan fingerprint density at radius 3 is 3.08 bits per heavy atom. The number of esters is 1. The Bertz CT molecular complexity index is 241. The third-order valence-electron chi connectivity index (χ3n) is 1.19. The molecule has 0 amide bonds. The molecule has 12 heavy (non-hydrogen) atoms. The lowest BCUT2D eigenvalue weighted by Crippen LogP contribution is -2.14. The normalized spacial score (nSPS) is 12.5. The van der Waals surface area contributed by atoms with Crippen LogP contribution in [0.1, 0.15) is 13.3 Å². The summed E-state index contributed by atoms with van der Waals surface area (Å²) in [6, 6.07) is 1.71. The van der Waals surface area contributed by atoms with Gasteiger partial charge in [-0.15, -0.1) is 11.3 Å². The Kier molecular flexibility index (Phi) is 3.25. The molecule has 3 nitrogen and oxygen atoms in total. The molecule has 1 aromatic rings. The van der Waals surface area contributed by atoms with E-state index >= 15 is 0 Å². The SMILES string of the molecule is CC(O)CC(=O)Oc1ccsc1. The average molecular weight is 186 g/mol. The first-order valence-electron chi connectivity index (χ1n) is 3.59. The minimum absolute atomic E-state index is 0.0375. The highest BCUT2D eigenvalue weighted by atomic mass is 32.1. The predicted molar refractivity (Wildman–Crippen MR) is 46.3 cm³/mol. The Labute approximate surface area is 74.6 Å². The fourth-order valence-corrected chi connectivity index (χ4v) is 1.28. The molecule has 1 heterocycles. The van der Waals surface area contributed by atoms with Gasteiger partial charge in [-0.25, -0.2) is 0 Å². The molecule has 1 unspecified atom stereocenters. The summed E-state index contributed by atoms with van der Waals surface area (Å²) >= 11 is 1.46. The van der Waals surface area contributed by atoms with E-state index in [-0.39, 0.29) is 6.42 Å². The van der Waals surface area contributed by atoms with E-state index in [0.29, 0.717) is 5.75 Å². The zero-order chi connectivity index (χ0) is 8.97. The molecule has 1 atom stereocenters. The summed E-state index contributed by atoms with van der Waals surface area (Å²) in [5.41, 5.74) is 0. The van der Waals surface area contributed by atoms with Gasteiger partial charge in [0.25, 0.3) is 0 Å². The van der Waals surface area contributed by atoms with Crippen molar-refractivity contribution in [3.05, 3.63) is 16.8 Å². The van der Waals surface area contributed by atoms with Crippen LogP contribution < -0.4 is 4.74 Å². The van der Waals surface area contributed by atoms with Crippen molar-refractivity contribution in [1.82, 2.24) is 0 Å². The number of thiophene rings is 1. The smallest absolute Gasteiger partial charge is 0.313 e. The Hall–Kier alpha value is -0.870. The lowest BCUT2D eigenvalue weighted by Gasteiger charge is -2.02. The summed E-state index contributed by atoms with van der Waals surface area (Å²) in [6.45, 7) is 1.55. The van der Waals surface area contributed by atoms with E-state index in [0.717, 1.165) is 0 Å². The van der Waals surface area contributed by atoms with Crippen LogP contribution >= 0.6 is 11.3 Å². The Morgan fingerprint density at radius 2 is 2.58 bits per heavy atom. The van der Waals surface area contributed by atoms with Crippen molar-refractivity contribution in [3.63, 3.8) is 0 Å². The highest BCUT2D eigenvalue weighted by molar-refractivity contribution is 7.08. The zero-order valence-electron chi connectivity index (χ0n) is 6.69. The lowest BCUT2D eigenvalue weighted by atomic mass is 10.3. The van der Waals surface area contributed by atoms with Crippen molar-refractivity contribution in [3.8, 4) is 5.75 Å². The van der Waals surface area contributed by atoms with Crippen LogP contribution in [0.15, 0.2) is 16.8 Å². The van der Waals surface area contributed by atoms with Gasteiger partial charge in [-0.1, -0.05) is 0 Å². The quantitative estimate of drug-likeness (QED) is 0.726. The van der Waals surface area contributed by atoms with Crippen molar-refractivity contribution in [2.45, 2.75) is 19.4 Å². The molecule has 0 saturated carbocycles. The van der Waals surface area contributed by atoms with Gasteiger partial charge in [-0.2, -0.15) is 0 Å². The first-order valence-corrected chi connectivity index (χ1v) is 4.53. The molecular weight excluding hydrogens is 176 g/mol. The van der Waals surface area contributed by atoms with E-state index in [9.17, 15) is 4.79 Å². The summed E-state index contributed by atoms with van der Waals surface area (Å²) in [4.78, 5) is 10.9. The first-order chi connectivity index (χ1) is 5.68. The van der Waals surface area contributed by atoms with Crippen LogP contribution in [0.5, 0.6) is 5.75 Å². The van der Waals surface area contributed by atoms with Crippen LogP contribution in [0, 0.1) is 0 Å². The van der Waals surface area contributed by atoms with Gasteiger partial charge in [-0.05, 0) is 18.4 Å². The molecular formula is C8H10O3S. The summed E-state index contributed by atoms with van der Waals surface area (Å²) in [6.07, 6.45) is -0.605. The van der Waals surface area contributed by atoms with Crippen LogP contribution in [0.3, 0.4) is 0 Å². The van der Waals surface area contributed by atoms with Gasteiger partial charge in [0.15, 0.2) is 0 Å². The maximum absolute atomic E-state index is 10.9. The second-order valence-corrected chi connectivity index (χ2v) is 3.27. The second kappa shape index (κ2) is 4.23. The van der Waals surface area contributed by atoms with Crippen molar-refractivity contribution in [2.24, 2.45) is 0 Å². The molecule has 0 aliphatic heterocycles. The maximum Gasteiger partial charge on any atom is 0.313 e. The summed E-state index contributed by atoms with van der Waals surface area (Å²) < 4.78 is 4.88. The van der Waals surface area contributed by atoms with Crippen LogP contribution in [-0.4, -0.2) is 17.2 Å². The largest absolute Gasteiger partial charge is 0.426 e. The monoisotopic (exact) mass is 186 g/mol. The van der Waals surface area contributed by atoms with Gasteiger partial charge in [0.2, 0.25) is 0 Å². The first kappa shape index (κ1) is 9.22. The second-order valence-electron chi connectivity index (χ2n) is 2.49. The molecule has 0 aliphatic rings. The Balaban J connectivity index is 2.37.